The Morgan fingerprint density at radius 2 is 1.93 bits per heavy atom. The predicted octanol–water partition coefficient (Wildman–Crippen LogP) is 3.01. The number of hydrogen-bond donors (Lipinski definition) is 4. The fourth-order valence-corrected chi connectivity index (χ4v) is 4.35. The lowest BCUT2D eigenvalue weighted by Crippen LogP contribution is -2.47. The number of nitrogens with one attached hydrogen (secondary N) is 3. The maximum Gasteiger partial charge on any atom is 0.274 e. The number of pyridine rings is 1. The van der Waals surface area contributed by atoms with Crippen LogP contribution in [0.5, 0.6) is 5.75 Å². The third kappa shape index (κ3) is 8.80. The zero-order valence-corrected chi connectivity index (χ0v) is 25.2. The van der Waals surface area contributed by atoms with Crippen molar-refractivity contribution in [1.82, 2.24) is 24.8 Å². The minimum absolute atomic E-state index is 0.0311. The summed E-state index contributed by atoms with van der Waals surface area (Å²) >= 11 is 0. The molecule has 2 heterocycles. The lowest BCUT2D eigenvalue weighted by molar-refractivity contribution is -0.129. The fourth-order valence-electron chi connectivity index (χ4n) is 4.35. The smallest absolute Gasteiger partial charge is 0.274 e. The van der Waals surface area contributed by atoms with Gasteiger partial charge < -0.3 is 34.3 Å². The summed E-state index contributed by atoms with van der Waals surface area (Å²) in [5.74, 6) is -2.78. The van der Waals surface area contributed by atoms with E-state index in [0.29, 0.717) is 11.9 Å². The lowest BCUT2D eigenvalue weighted by Gasteiger charge is -2.20. The van der Waals surface area contributed by atoms with Crippen molar-refractivity contribution < 1.29 is 37.3 Å². The van der Waals surface area contributed by atoms with Crippen LogP contribution in [0.2, 0.25) is 0 Å². The summed E-state index contributed by atoms with van der Waals surface area (Å²) in [6.07, 6.45) is 3.43. The van der Waals surface area contributed by atoms with Crippen LogP contribution in [0.3, 0.4) is 0 Å². The van der Waals surface area contributed by atoms with E-state index in [4.69, 9.17) is 9.47 Å². The van der Waals surface area contributed by atoms with Crippen LogP contribution in [0.1, 0.15) is 24.2 Å². The summed E-state index contributed by atoms with van der Waals surface area (Å²) < 4.78 is 53.4. The normalized spacial score (nSPS) is 12.8. The summed E-state index contributed by atoms with van der Waals surface area (Å²) in [4.78, 5) is 46.9. The first-order valence-electron chi connectivity index (χ1n) is 14.0. The molecule has 46 heavy (non-hydrogen) atoms. The van der Waals surface area contributed by atoms with Crippen molar-refractivity contribution in [2.75, 3.05) is 26.5 Å². The molecule has 4 rings (SSSR count). The molecule has 12 nitrogen and oxygen atoms in total. The van der Waals surface area contributed by atoms with E-state index in [1.165, 1.54) is 47.0 Å². The van der Waals surface area contributed by atoms with Crippen LogP contribution >= 0.6 is 0 Å². The third-order valence-electron chi connectivity index (χ3n) is 6.77. The number of likely N-dealkylation sites (N-methyl/N-ethyl adjacent to an activating group) is 1. The molecule has 0 fully saturated rings. The van der Waals surface area contributed by atoms with E-state index in [9.17, 15) is 32.7 Å². The quantitative estimate of drug-likeness (QED) is 0.121. The molecule has 244 valence electrons. The van der Waals surface area contributed by atoms with Gasteiger partial charge in [-0.2, -0.15) is 0 Å². The van der Waals surface area contributed by atoms with Gasteiger partial charge in [0.2, 0.25) is 18.2 Å². The van der Waals surface area contributed by atoms with Gasteiger partial charge >= 0.3 is 0 Å². The summed E-state index contributed by atoms with van der Waals surface area (Å²) in [6, 6.07) is 7.23. The van der Waals surface area contributed by atoms with Crippen molar-refractivity contribution >= 4 is 28.5 Å². The maximum absolute atomic E-state index is 14.4. The zero-order chi connectivity index (χ0) is 33.4. The molecule has 0 aliphatic rings. The van der Waals surface area contributed by atoms with Gasteiger partial charge in [-0.3, -0.25) is 19.7 Å². The first kappa shape index (κ1) is 33.9. The number of carbonyl (C=O) groups is 2. The highest BCUT2D eigenvalue weighted by Gasteiger charge is 2.22. The van der Waals surface area contributed by atoms with Crippen molar-refractivity contribution in [3.05, 3.63) is 100 Å². The average molecular weight is 643 g/mol. The number of aromatic nitrogens is 3. The second kappa shape index (κ2) is 15.3. The Bertz CT molecular complexity index is 1790. The predicted molar refractivity (Wildman–Crippen MR) is 162 cm³/mol. The van der Waals surface area contributed by atoms with Crippen molar-refractivity contribution in [3.8, 4) is 5.75 Å². The molecule has 2 atom stereocenters. The van der Waals surface area contributed by atoms with Crippen LogP contribution in [-0.4, -0.2) is 70.0 Å². The van der Waals surface area contributed by atoms with E-state index < -0.39 is 41.4 Å². The van der Waals surface area contributed by atoms with Crippen LogP contribution in [0, 0.1) is 17.5 Å². The number of allylic oxidation sites excluding steroid dienone is 1. The van der Waals surface area contributed by atoms with Gasteiger partial charge in [-0.25, -0.2) is 18.2 Å². The number of halogens is 3. The zero-order valence-electron chi connectivity index (χ0n) is 25.2. The largest absolute Gasteiger partial charge is 0.486 e. The number of nitrogens with zero attached hydrogens (tertiary/aromatic N) is 3. The maximum atomic E-state index is 14.4. The lowest BCUT2D eigenvalue weighted by atomic mass is 10.1. The molecule has 0 radical (unpaired) electrons. The number of imidazole rings is 1. The van der Waals surface area contributed by atoms with Crippen molar-refractivity contribution in [3.63, 3.8) is 0 Å². The summed E-state index contributed by atoms with van der Waals surface area (Å²) in [7, 11) is 4.45. The number of aliphatic hydroxyl groups excluding tert-OH is 1. The highest BCUT2D eigenvalue weighted by Crippen LogP contribution is 2.27. The minimum atomic E-state index is -1.46. The molecule has 0 saturated heterocycles. The number of H-pyrrole nitrogens is 1. The van der Waals surface area contributed by atoms with Gasteiger partial charge in [0.05, 0.1) is 18.1 Å². The standard InChI is InChI=1S/C31H33F3N6O6/c1-39(2)27(41)9-5-4-7-22(37-31(44)45-3)29(42)36-23-8-6-12-40(30(23)43)16-26-35-24-14-20(33)15-25(28(24)38-26)46-17-18-10-11-19(32)13-21(18)34/h5-6,8-15,22,31,37,44H,4,7,16-17H2,1-3H3,(H,35,38)(H,36,42)/b9-5+/t22-,31?/m0/s1. The number of amides is 2. The number of aromatic amines is 1. The third-order valence-corrected chi connectivity index (χ3v) is 6.77. The minimum Gasteiger partial charge on any atom is -0.486 e. The molecule has 2 aromatic carbocycles. The number of benzene rings is 2. The van der Waals surface area contributed by atoms with E-state index >= 15 is 0 Å². The molecule has 2 aromatic heterocycles. The summed E-state index contributed by atoms with van der Waals surface area (Å²) in [5.41, 5.74) is -0.0864. The number of anilines is 1. The first-order chi connectivity index (χ1) is 21.9. The molecule has 2 amide bonds. The summed E-state index contributed by atoms with van der Waals surface area (Å²) in [5, 5.41) is 15.1. The topological polar surface area (TPSA) is 151 Å². The number of aliphatic hydroxyl groups is 1. The van der Waals surface area contributed by atoms with Crippen molar-refractivity contribution in [2.45, 2.75) is 38.4 Å². The average Bonchev–Trinajstić information content (AvgIpc) is 3.41. The van der Waals surface area contributed by atoms with E-state index in [0.717, 1.165) is 24.3 Å². The molecule has 0 aliphatic heterocycles. The molecule has 1 unspecified atom stereocenters. The molecular weight excluding hydrogens is 609 g/mol. The summed E-state index contributed by atoms with van der Waals surface area (Å²) in [6.45, 7) is -0.401. The molecule has 0 aliphatic carbocycles. The van der Waals surface area contributed by atoms with Crippen LogP contribution in [-0.2, 0) is 27.5 Å². The van der Waals surface area contributed by atoms with Crippen molar-refractivity contribution in [2.24, 2.45) is 0 Å². The van der Waals surface area contributed by atoms with Gasteiger partial charge in [-0.1, -0.05) is 6.08 Å². The van der Waals surface area contributed by atoms with Gasteiger partial charge in [-0.15, -0.1) is 0 Å². The van der Waals surface area contributed by atoms with Crippen LogP contribution in [0.15, 0.2) is 65.6 Å². The Kier molecular flexibility index (Phi) is 11.3. The molecule has 0 spiro atoms. The van der Waals surface area contributed by atoms with Crippen LogP contribution in [0.25, 0.3) is 11.0 Å². The molecule has 4 N–H and O–H groups in total. The number of hydrogen-bond acceptors (Lipinski definition) is 8. The van der Waals surface area contributed by atoms with Gasteiger partial charge in [0, 0.05) is 51.2 Å². The van der Waals surface area contributed by atoms with Gasteiger partial charge in [-0.05, 0) is 43.2 Å². The van der Waals surface area contributed by atoms with Gasteiger partial charge in [0.25, 0.3) is 5.56 Å². The van der Waals surface area contributed by atoms with E-state index in [2.05, 4.69) is 20.6 Å². The monoisotopic (exact) mass is 642 g/mol. The Morgan fingerprint density at radius 1 is 1.15 bits per heavy atom. The number of rotatable bonds is 14. The number of ether oxygens (including phenoxy) is 2. The van der Waals surface area contributed by atoms with Gasteiger partial charge in [0.1, 0.15) is 46.8 Å². The second-order valence-electron chi connectivity index (χ2n) is 10.4. The van der Waals surface area contributed by atoms with Crippen LogP contribution in [0.4, 0.5) is 18.9 Å². The Labute approximate surface area is 261 Å². The molecule has 0 saturated carbocycles. The SMILES string of the molecule is COC(O)N[C@@H](CC/C=C/C(=O)N(C)C)C(=O)Nc1cccn(Cc2nc3cc(F)cc(OCc4ccc(F)cc4F)c3[nH]2)c1=O. The molecular formula is C31H33F3N6O6. The first-order valence-corrected chi connectivity index (χ1v) is 14.0. The molecule has 4 aromatic rings. The van der Waals surface area contributed by atoms with E-state index in [1.54, 1.807) is 20.2 Å². The van der Waals surface area contributed by atoms with Gasteiger partial charge in [0.15, 0.2) is 0 Å². The Morgan fingerprint density at radius 3 is 2.65 bits per heavy atom. The number of methoxy groups -OCH3 is 1. The second-order valence-corrected chi connectivity index (χ2v) is 10.4. The Balaban J connectivity index is 1.49. The molecule has 0 bridgehead atoms. The highest BCUT2D eigenvalue weighted by molar-refractivity contribution is 5.94. The molecule has 15 heteroatoms. The number of carbonyl (C=O) groups excluding carboxylic acids is 2. The van der Waals surface area contributed by atoms with Crippen LogP contribution < -0.4 is 20.9 Å². The number of fused-ring (bicyclic) bond motifs is 1. The van der Waals surface area contributed by atoms with Crippen molar-refractivity contribution in [1.29, 1.82) is 0 Å². The Hall–Kier alpha value is -4.99. The van der Waals surface area contributed by atoms with E-state index in [1.807, 2.05) is 0 Å². The van der Waals surface area contributed by atoms with E-state index in [-0.39, 0.29) is 53.8 Å². The fraction of sp³-hybridized carbons (Fsp3) is 0.290. The highest BCUT2D eigenvalue weighted by atomic mass is 19.1.